The fraction of sp³-hybridized carbons (Fsp3) is 0.200. The van der Waals surface area contributed by atoms with Gasteiger partial charge in [-0.05, 0) is 19.1 Å². The first-order valence-electron chi connectivity index (χ1n) is 4.59. The molecule has 0 saturated carbocycles. The van der Waals surface area contributed by atoms with Gasteiger partial charge in [-0.15, -0.1) is 0 Å². The molecule has 2 N–H and O–H groups in total. The summed E-state index contributed by atoms with van der Waals surface area (Å²) in [5.41, 5.74) is 6.69. The summed E-state index contributed by atoms with van der Waals surface area (Å²) < 4.78 is 1.66. The lowest BCUT2D eigenvalue weighted by Crippen LogP contribution is -2.12. The monoisotopic (exact) mass is 222 g/mol. The van der Waals surface area contributed by atoms with Crippen LogP contribution >= 0.6 is 11.6 Å². The van der Waals surface area contributed by atoms with E-state index in [0.717, 1.165) is 5.69 Å². The number of nitrogens with zero attached hydrogens (tertiary/aromatic N) is 3. The molecule has 1 unspecified atom stereocenters. The van der Waals surface area contributed by atoms with Crippen LogP contribution < -0.4 is 5.73 Å². The summed E-state index contributed by atoms with van der Waals surface area (Å²) in [5, 5.41) is 4.58. The molecule has 2 rings (SSSR count). The van der Waals surface area contributed by atoms with Crippen LogP contribution in [-0.2, 0) is 0 Å². The van der Waals surface area contributed by atoms with Crippen LogP contribution in [0.4, 0.5) is 5.82 Å². The van der Waals surface area contributed by atoms with Gasteiger partial charge in [-0.2, -0.15) is 5.10 Å². The van der Waals surface area contributed by atoms with Crippen molar-refractivity contribution in [1.82, 2.24) is 14.8 Å². The van der Waals surface area contributed by atoms with E-state index in [4.69, 9.17) is 17.3 Å². The molecule has 1 atom stereocenters. The number of hydrogen-bond acceptors (Lipinski definition) is 3. The maximum absolute atomic E-state index is 5.83. The zero-order valence-electron chi connectivity index (χ0n) is 8.26. The summed E-state index contributed by atoms with van der Waals surface area (Å²) in [5.74, 6) is 0.467. The van der Waals surface area contributed by atoms with E-state index >= 15 is 0 Å². The second kappa shape index (κ2) is 3.90. The maximum atomic E-state index is 5.83. The topological polar surface area (TPSA) is 56.7 Å². The van der Waals surface area contributed by atoms with Crippen LogP contribution in [0, 0.1) is 0 Å². The van der Waals surface area contributed by atoms with Crippen molar-refractivity contribution in [2.45, 2.75) is 13.0 Å². The highest BCUT2D eigenvalue weighted by Gasteiger charge is 2.14. The average Bonchev–Trinajstić information content (AvgIpc) is 2.60. The van der Waals surface area contributed by atoms with Gasteiger partial charge in [0.1, 0.15) is 10.8 Å². The molecule has 2 aromatic rings. The Kier molecular flexibility index (Phi) is 2.60. The number of aromatic nitrogens is 3. The van der Waals surface area contributed by atoms with E-state index < -0.39 is 0 Å². The van der Waals surface area contributed by atoms with E-state index in [9.17, 15) is 0 Å². The predicted molar refractivity (Wildman–Crippen MR) is 59.7 cm³/mol. The van der Waals surface area contributed by atoms with Crippen LogP contribution in [0.2, 0.25) is 5.02 Å². The highest BCUT2D eigenvalue weighted by atomic mass is 35.5. The number of halogens is 1. The van der Waals surface area contributed by atoms with Crippen LogP contribution in [-0.4, -0.2) is 14.8 Å². The van der Waals surface area contributed by atoms with Gasteiger partial charge in [-0.25, -0.2) is 4.68 Å². The van der Waals surface area contributed by atoms with Crippen molar-refractivity contribution in [2.24, 2.45) is 0 Å². The molecule has 0 radical (unpaired) electrons. The molecule has 0 aliphatic carbocycles. The van der Waals surface area contributed by atoms with Crippen molar-refractivity contribution in [3.8, 4) is 0 Å². The van der Waals surface area contributed by atoms with E-state index in [0.29, 0.717) is 10.8 Å². The number of anilines is 1. The van der Waals surface area contributed by atoms with Gasteiger partial charge in [0.05, 0.1) is 17.9 Å². The first-order valence-corrected chi connectivity index (χ1v) is 4.97. The van der Waals surface area contributed by atoms with Gasteiger partial charge in [-0.1, -0.05) is 17.7 Å². The quantitative estimate of drug-likeness (QED) is 0.847. The molecule has 0 bridgehead atoms. The predicted octanol–water partition coefficient (Wildman–Crippen LogP) is 2.12. The SMILES string of the molecule is CC(c1ccccn1)n1ncc(Cl)c1N. The van der Waals surface area contributed by atoms with E-state index in [1.54, 1.807) is 10.9 Å². The Morgan fingerprint density at radius 3 is 2.80 bits per heavy atom. The Hall–Kier alpha value is -1.55. The lowest BCUT2D eigenvalue weighted by Gasteiger charge is -2.12. The van der Waals surface area contributed by atoms with E-state index in [-0.39, 0.29) is 6.04 Å². The van der Waals surface area contributed by atoms with Crippen molar-refractivity contribution < 1.29 is 0 Å². The molecule has 0 spiro atoms. The van der Waals surface area contributed by atoms with Crippen molar-refractivity contribution in [2.75, 3.05) is 5.73 Å². The van der Waals surface area contributed by atoms with Crippen LogP contribution in [0.1, 0.15) is 18.7 Å². The smallest absolute Gasteiger partial charge is 0.141 e. The van der Waals surface area contributed by atoms with Gasteiger partial charge >= 0.3 is 0 Å². The van der Waals surface area contributed by atoms with Crippen LogP contribution in [0.3, 0.4) is 0 Å². The molecule has 2 heterocycles. The van der Waals surface area contributed by atoms with Crippen molar-refractivity contribution in [3.05, 3.63) is 41.3 Å². The second-order valence-electron chi connectivity index (χ2n) is 3.25. The zero-order valence-corrected chi connectivity index (χ0v) is 9.02. The summed E-state index contributed by atoms with van der Waals surface area (Å²) >= 11 is 5.83. The van der Waals surface area contributed by atoms with Gasteiger partial charge in [0.25, 0.3) is 0 Å². The van der Waals surface area contributed by atoms with Crippen molar-refractivity contribution >= 4 is 17.4 Å². The lowest BCUT2D eigenvalue weighted by atomic mass is 10.2. The summed E-state index contributed by atoms with van der Waals surface area (Å²) in [6.07, 6.45) is 3.28. The van der Waals surface area contributed by atoms with Crippen LogP contribution in [0.15, 0.2) is 30.6 Å². The number of nitrogens with two attached hydrogens (primary N) is 1. The van der Waals surface area contributed by atoms with Crippen molar-refractivity contribution in [3.63, 3.8) is 0 Å². The Morgan fingerprint density at radius 1 is 1.47 bits per heavy atom. The molecule has 78 valence electrons. The Morgan fingerprint density at radius 2 is 2.27 bits per heavy atom. The molecular formula is C10H11ClN4. The van der Waals surface area contributed by atoms with E-state index in [1.807, 2.05) is 25.1 Å². The second-order valence-corrected chi connectivity index (χ2v) is 3.66. The molecule has 0 amide bonds. The number of nitrogen functional groups attached to an aromatic ring is 1. The maximum Gasteiger partial charge on any atom is 0.141 e. The van der Waals surface area contributed by atoms with E-state index in [1.165, 1.54) is 6.20 Å². The minimum Gasteiger partial charge on any atom is -0.383 e. The van der Waals surface area contributed by atoms with Gasteiger partial charge in [0, 0.05) is 6.20 Å². The lowest BCUT2D eigenvalue weighted by molar-refractivity contribution is 0.559. The van der Waals surface area contributed by atoms with Gasteiger partial charge in [0.15, 0.2) is 0 Å². The van der Waals surface area contributed by atoms with Crippen LogP contribution in [0.25, 0.3) is 0 Å². The first-order chi connectivity index (χ1) is 7.20. The molecule has 2 aromatic heterocycles. The molecular weight excluding hydrogens is 212 g/mol. The third-order valence-electron chi connectivity index (χ3n) is 2.27. The molecule has 4 nitrogen and oxygen atoms in total. The van der Waals surface area contributed by atoms with Crippen molar-refractivity contribution in [1.29, 1.82) is 0 Å². The molecule has 0 aromatic carbocycles. The normalized spacial score (nSPS) is 12.7. The summed E-state index contributed by atoms with van der Waals surface area (Å²) in [4.78, 5) is 4.25. The van der Waals surface area contributed by atoms with Gasteiger partial charge < -0.3 is 5.73 Å². The van der Waals surface area contributed by atoms with E-state index in [2.05, 4.69) is 10.1 Å². The Labute approximate surface area is 92.7 Å². The van der Waals surface area contributed by atoms with Gasteiger partial charge in [-0.3, -0.25) is 4.98 Å². The molecule has 0 saturated heterocycles. The third-order valence-corrected chi connectivity index (χ3v) is 2.56. The molecule has 0 aliphatic rings. The zero-order chi connectivity index (χ0) is 10.8. The minimum absolute atomic E-state index is 0.0151. The number of hydrogen-bond donors (Lipinski definition) is 1. The fourth-order valence-electron chi connectivity index (χ4n) is 1.41. The molecule has 0 aliphatic heterocycles. The Balaban J connectivity index is 2.37. The molecule has 15 heavy (non-hydrogen) atoms. The first kappa shape index (κ1) is 9.98. The summed E-state index contributed by atoms with van der Waals surface area (Å²) in [6.45, 7) is 1.97. The highest BCUT2D eigenvalue weighted by molar-refractivity contribution is 6.32. The van der Waals surface area contributed by atoms with Gasteiger partial charge in [0.2, 0.25) is 0 Å². The average molecular weight is 223 g/mol. The van der Waals surface area contributed by atoms with Crippen LogP contribution in [0.5, 0.6) is 0 Å². The minimum atomic E-state index is -0.0151. The summed E-state index contributed by atoms with van der Waals surface area (Å²) in [6, 6.07) is 5.72. The largest absolute Gasteiger partial charge is 0.383 e. The highest BCUT2D eigenvalue weighted by Crippen LogP contribution is 2.23. The Bertz CT molecular complexity index is 452. The number of pyridine rings is 1. The standard InChI is InChI=1S/C10H11ClN4/c1-7(9-4-2-3-5-13-9)15-10(12)8(11)6-14-15/h2-7H,12H2,1H3. The fourth-order valence-corrected chi connectivity index (χ4v) is 1.54. The molecule has 0 fully saturated rings. The third kappa shape index (κ3) is 1.80. The summed E-state index contributed by atoms with van der Waals surface area (Å²) in [7, 11) is 0. The number of rotatable bonds is 2. The molecule has 5 heteroatoms.